The maximum absolute atomic E-state index is 6.39. The van der Waals surface area contributed by atoms with E-state index >= 15 is 0 Å². The number of anilines is 1. The van der Waals surface area contributed by atoms with Gasteiger partial charge in [0.15, 0.2) is 0 Å². The van der Waals surface area contributed by atoms with Crippen molar-refractivity contribution in [1.29, 1.82) is 0 Å². The number of hydrogen-bond donors (Lipinski definition) is 3. The third kappa shape index (κ3) is 2.99. The molecule has 1 aliphatic rings. The molecule has 1 aliphatic heterocycles. The van der Waals surface area contributed by atoms with Gasteiger partial charge in [0, 0.05) is 22.0 Å². The SMILES string of the molecule is Cc1sc2c(c1C)C(c1ccc(Cl)cc1)NCC(N)N2C(C)N. The first-order valence-electron chi connectivity index (χ1n) is 7.78. The summed E-state index contributed by atoms with van der Waals surface area (Å²) in [7, 11) is 0. The van der Waals surface area contributed by atoms with Gasteiger partial charge < -0.3 is 21.7 Å². The molecule has 124 valence electrons. The second-order valence-corrected chi connectivity index (χ2v) is 7.75. The van der Waals surface area contributed by atoms with E-state index in [4.69, 9.17) is 23.1 Å². The van der Waals surface area contributed by atoms with E-state index in [2.05, 4.69) is 36.2 Å². The lowest BCUT2D eigenvalue weighted by Crippen LogP contribution is -2.54. The first-order chi connectivity index (χ1) is 10.9. The summed E-state index contributed by atoms with van der Waals surface area (Å²) in [5.41, 5.74) is 16.4. The fourth-order valence-electron chi connectivity index (χ4n) is 3.17. The average molecular weight is 351 g/mol. The van der Waals surface area contributed by atoms with Crippen molar-refractivity contribution < 1.29 is 0 Å². The molecular formula is C17H23ClN4S. The normalized spacial score (nSPS) is 22.6. The van der Waals surface area contributed by atoms with Crippen LogP contribution in [0, 0.1) is 13.8 Å². The highest BCUT2D eigenvalue weighted by atomic mass is 35.5. The Labute approximate surface area is 146 Å². The van der Waals surface area contributed by atoms with Crippen LogP contribution in [0.3, 0.4) is 0 Å². The third-order valence-electron chi connectivity index (χ3n) is 4.47. The molecule has 2 heterocycles. The Morgan fingerprint density at radius 1 is 1.30 bits per heavy atom. The number of rotatable bonds is 2. The Balaban J connectivity index is 2.15. The molecule has 3 unspecified atom stereocenters. The second kappa shape index (κ2) is 6.42. The minimum atomic E-state index is -0.150. The van der Waals surface area contributed by atoms with Gasteiger partial charge in [0.25, 0.3) is 0 Å². The van der Waals surface area contributed by atoms with Gasteiger partial charge in [-0.2, -0.15) is 0 Å². The van der Waals surface area contributed by atoms with Crippen molar-refractivity contribution in [1.82, 2.24) is 5.32 Å². The molecule has 3 atom stereocenters. The van der Waals surface area contributed by atoms with Gasteiger partial charge in [0.2, 0.25) is 0 Å². The monoisotopic (exact) mass is 350 g/mol. The summed E-state index contributed by atoms with van der Waals surface area (Å²) in [6.45, 7) is 6.98. The number of halogens is 1. The van der Waals surface area contributed by atoms with Crippen LogP contribution in [0.15, 0.2) is 24.3 Å². The summed E-state index contributed by atoms with van der Waals surface area (Å²) in [5, 5.41) is 5.52. The molecule has 0 saturated heterocycles. The van der Waals surface area contributed by atoms with Crippen LogP contribution < -0.4 is 21.7 Å². The lowest BCUT2D eigenvalue weighted by molar-refractivity contribution is 0.505. The highest BCUT2D eigenvalue weighted by molar-refractivity contribution is 7.16. The van der Waals surface area contributed by atoms with Crippen LogP contribution in [-0.2, 0) is 0 Å². The maximum atomic E-state index is 6.39. The molecule has 0 aliphatic carbocycles. The summed E-state index contributed by atoms with van der Waals surface area (Å²) < 4.78 is 0. The van der Waals surface area contributed by atoms with E-state index < -0.39 is 0 Å². The van der Waals surface area contributed by atoms with Crippen LogP contribution in [0.1, 0.15) is 34.5 Å². The van der Waals surface area contributed by atoms with Crippen molar-refractivity contribution in [3.05, 3.63) is 50.9 Å². The fourth-order valence-corrected chi connectivity index (χ4v) is 4.64. The molecule has 0 spiro atoms. The number of aryl methyl sites for hydroxylation is 1. The number of fused-ring (bicyclic) bond motifs is 1. The third-order valence-corrected chi connectivity index (χ3v) is 5.95. The van der Waals surface area contributed by atoms with Gasteiger partial charge in [0.05, 0.1) is 23.4 Å². The van der Waals surface area contributed by atoms with Gasteiger partial charge in [-0.15, -0.1) is 11.3 Å². The zero-order valence-corrected chi connectivity index (χ0v) is 15.2. The van der Waals surface area contributed by atoms with Crippen molar-refractivity contribution in [2.24, 2.45) is 11.5 Å². The number of hydrogen-bond acceptors (Lipinski definition) is 5. The van der Waals surface area contributed by atoms with E-state index in [9.17, 15) is 0 Å². The zero-order chi connectivity index (χ0) is 16.7. The molecule has 4 nitrogen and oxygen atoms in total. The van der Waals surface area contributed by atoms with Crippen LogP contribution in [0.5, 0.6) is 0 Å². The van der Waals surface area contributed by atoms with Gasteiger partial charge in [-0.05, 0) is 44.0 Å². The van der Waals surface area contributed by atoms with Gasteiger partial charge in [-0.1, -0.05) is 23.7 Å². The first-order valence-corrected chi connectivity index (χ1v) is 8.97. The Morgan fingerprint density at radius 3 is 2.57 bits per heavy atom. The van der Waals surface area contributed by atoms with Crippen LogP contribution in [0.2, 0.25) is 5.02 Å². The molecule has 23 heavy (non-hydrogen) atoms. The van der Waals surface area contributed by atoms with Crippen LogP contribution in [-0.4, -0.2) is 18.9 Å². The minimum Gasteiger partial charge on any atom is -0.331 e. The standard InChI is InChI=1S/C17H23ClN4S/c1-9-10(2)23-17-15(9)16(12-4-6-13(18)7-5-12)21-8-14(20)22(17)11(3)19/h4-7,11,14,16,21H,8,19-20H2,1-3H3. The van der Waals surface area contributed by atoms with Gasteiger partial charge in [-0.25, -0.2) is 0 Å². The number of benzene rings is 1. The van der Waals surface area contributed by atoms with Crippen LogP contribution in [0.4, 0.5) is 5.00 Å². The Bertz CT molecular complexity index is 695. The molecule has 0 amide bonds. The number of nitrogens with one attached hydrogen (secondary N) is 1. The van der Waals surface area contributed by atoms with E-state index in [1.165, 1.54) is 26.6 Å². The Hall–Kier alpha value is -1.11. The second-order valence-electron chi connectivity index (χ2n) is 6.11. The van der Waals surface area contributed by atoms with E-state index in [-0.39, 0.29) is 18.4 Å². The summed E-state index contributed by atoms with van der Waals surface area (Å²) >= 11 is 7.81. The molecular weight excluding hydrogens is 328 g/mol. The molecule has 0 fully saturated rings. The predicted molar refractivity (Wildman–Crippen MR) is 99.2 cm³/mol. The van der Waals surface area contributed by atoms with Crippen molar-refractivity contribution >= 4 is 27.9 Å². The molecule has 0 bridgehead atoms. The predicted octanol–water partition coefficient (Wildman–Crippen LogP) is 3.11. The molecule has 6 heteroatoms. The maximum Gasteiger partial charge on any atom is 0.0991 e. The highest BCUT2D eigenvalue weighted by Gasteiger charge is 2.33. The molecule has 0 saturated carbocycles. The van der Waals surface area contributed by atoms with Crippen LogP contribution in [0.25, 0.3) is 0 Å². The number of nitrogens with zero attached hydrogens (tertiary/aromatic N) is 1. The zero-order valence-electron chi connectivity index (χ0n) is 13.6. The Morgan fingerprint density at radius 2 is 1.96 bits per heavy atom. The fraction of sp³-hybridized carbons (Fsp3) is 0.412. The molecule has 3 rings (SSSR count). The average Bonchev–Trinajstić information content (AvgIpc) is 2.68. The van der Waals surface area contributed by atoms with E-state index in [0.717, 1.165) is 5.02 Å². The van der Waals surface area contributed by atoms with Crippen molar-refractivity contribution in [3.63, 3.8) is 0 Å². The van der Waals surface area contributed by atoms with Crippen molar-refractivity contribution in [2.45, 2.75) is 39.1 Å². The summed E-state index contributed by atoms with van der Waals surface area (Å²) in [6.07, 6.45) is -0.282. The number of thiophene rings is 1. The largest absolute Gasteiger partial charge is 0.331 e. The first kappa shape index (κ1) is 16.7. The topological polar surface area (TPSA) is 67.3 Å². The molecule has 2 aromatic rings. The minimum absolute atomic E-state index is 0.0991. The molecule has 1 aromatic carbocycles. The molecule has 5 N–H and O–H groups in total. The summed E-state index contributed by atoms with van der Waals surface area (Å²) in [4.78, 5) is 3.43. The molecule has 0 radical (unpaired) electrons. The van der Waals surface area contributed by atoms with Gasteiger partial charge in [-0.3, -0.25) is 0 Å². The summed E-state index contributed by atoms with van der Waals surface area (Å²) in [5.74, 6) is 0. The molecule has 1 aromatic heterocycles. The van der Waals surface area contributed by atoms with Gasteiger partial charge in [0.1, 0.15) is 0 Å². The van der Waals surface area contributed by atoms with E-state index in [1.54, 1.807) is 11.3 Å². The Kier molecular flexibility index (Phi) is 4.67. The van der Waals surface area contributed by atoms with Crippen molar-refractivity contribution in [2.75, 3.05) is 11.4 Å². The van der Waals surface area contributed by atoms with E-state index in [0.29, 0.717) is 6.54 Å². The van der Waals surface area contributed by atoms with Gasteiger partial charge >= 0.3 is 0 Å². The smallest absolute Gasteiger partial charge is 0.0991 e. The number of nitrogens with two attached hydrogens (primary N) is 2. The van der Waals surface area contributed by atoms with Crippen LogP contribution >= 0.6 is 22.9 Å². The quantitative estimate of drug-likeness (QED) is 0.778. The lowest BCUT2D eigenvalue weighted by Gasteiger charge is -2.32. The van der Waals surface area contributed by atoms with Crippen molar-refractivity contribution in [3.8, 4) is 0 Å². The summed E-state index contributed by atoms with van der Waals surface area (Å²) in [6, 6.07) is 8.11. The lowest BCUT2D eigenvalue weighted by atomic mass is 9.96. The highest BCUT2D eigenvalue weighted by Crippen LogP contribution is 2.43. The van der Waals surface area contributed by atoms with E-state index in [1.807, 2.05) is 19.1 Å².